The summed E-state index contributed by atoms with van der Waals surface area (Å²) in [5.41, 5.74) is 0.587. The molecule has 0 aliphatic carbocycles. The van der Waals surface area contributed by atoms with Gasteiger partial charge in [0.25, 0.3) is 0 Å². The van der Waals surface area contributed by atoms with Crippen molar-refractivity contribution in [1.29, 1.82) is 0 Å². The first kappa shape index (κ1) is 10.1. The monoisotopic (exact) mass is 272 g/mol. The molecule has 0 spiro atoms. The highest BCUT2D eigenvalue weighted by molar-refractivity contribution is 9.10. The molecule has 0 aliphatic heterocycles. The Labute approximate surface area is 92.5 Å². The molecule has 1 heterocycles. The van der Waals surface area contributed by atoms with Gasteiger partial charge in [0.1, 0.15) is 11.3 Å². The molecular weight excluding hydrogens is 267 g/mol. The number of H-pyrrole nitrogens is 1. The lowest BCUT2D eigenvalue weighted by atomic mass is 10.2. The van der Waals surface area contributed by atoms with E-state index in [0.717, 1.165) is 0 Å². The number of fused-ring (bicyclic) bond motifs is 1. The van der Waals surface area contributed by atoms with Crippen LogP contribution in [0.2, 0.25) is 0 Å². The first-order valence-electron chi connectivity index (χ1n) is 4.05. The molecule has 0 bridgehead atoms. The smallest absolute Gasteiger partial charge is 0.356 e. The van der Waals surface area contributed by atoms with Crippen LogP contribution >= 0.6 is 15.9 Å². The Balaban J connectivity index is 2.72. The summed E-state index contributed by atoms with van der Waals surface area (Å²) in [6.07, 6.45) is 0. The summed E-state index contributed by atoms with van der Waals surface area (Å²) < 4.78 is 17.9. The summed E-state index contributed by atoms with van der Waals surface area (Å²) in [6.45, 7) is 0. The van der Waals surface area contributed by atoms with Crippen LogP contribution in [0, 0.1) is 5.82 Å². The summed E-state index contributed by atoms with van der Waals surface area (Å²) in [7, 11) is 1.27. The fraction of sp³-hybridized carbons (Fsp3) is 0.111. The van der Waals surface area contributed by atoms with Crippen LogP contribution in [-0.4, -0.2) is 23.3 Å². The normalized spacial score (nSPS) is 10.6. The third-order valence-electron chi connectivity index (χ3n) is 2.01. The number of ether oxygens (including phenoxy) is 1. The fourth-order valence-electron chi connectivity index (χ4n) is 1.28. The average molecular weight is 273 g/mol. The molecule has 0 fully saturated rings. The first-order valence-corrected chi connectivity index (χ1v) is 4.85. The summed E-state index contributed by atoms with van der Waals surface area (Å²) in [4.78, 5) is 11.3. The van der Waals surface area contributed by atoms with Gasteiger partial charge in [0.2, 0.25) is 0 Å². The zero-order valence-electron chi connectivity index (χ0n) is 7.67. The van der Waals surface area contributed by atoms with Gasteiger partial charge >= 0.3 is 5.97 Å². The van der Waals surface area contributed by atoms with Gasteiger partial charge in [-0.15, -0.1) is 0 Å². The second kappa shape index (κ2) is 3.62. The van der Waals surface area contributed by atoms with Crippen LogP contribution in [0.25, 0.3) is 10.9 Å². The van der Waals surface area contributed by atoms with E-state index in [9.17, 15) is 9.18 Å². The largest absolute Gasteiger partial charge is 0.464 e. The molecule has 6 heteroatoms. The predicted octanol–water partition coefficient (Wildman–Crippen LogP) is 2.25. The SMILES string of the molecule is COC(=O)c1[nH]nc2c(Br)c(F)ccc12. The van der Waals surface area contributed by atoms with Crippen molar-refractivity contribution in [3.63, 3.8) is 0 Å². The van der Waals surface area contributed by atoms with Gasteiger partial charge in [-0.1, -0.05) is 0 Å². The summed E-state index contributed by atoms with van der Waals surface area (Å²) in [5, 5.41) is 6.87. The number of halogens is 2. The number of esters is 1. The minimum Gasteiger partial charge on any atom is -0.464 e. The predicted molar refractivity (Wildman–Crippen MR) is 55.1 cm³/mol. The topological polar surface area (TPSA) is 55.0 Å². The number of nitrogens with one attached hydrogen (secondary N) is 1. The van der Waals surface area contributed by atoms with E-state index >= 15 is 0 Å². The van der Waals surface area contributed by atoms with Gasteiger partial charge in [0.05, 0.1) is 11.6 Å². The first-order chi connectivity index (χ1) is 7.15. The Morgan fingerprint density at radius 2 is 2.33 bits per heavy atom. The molecule has 4 nitrogen and oxygen atoms in total. The quantitative estimate of drug-likeness (QED) is 0.811. The Kier molecular flexibility index (Phi) is 2.44. The highest BCUT2D eigenvalue weighted by Gasteiger charge is 2.16. The maximum Gasteiger partial charge on any atom is 0.356 e. The lowest BCUT2D eigenvalue weighted by molar-refractivity contribution is 0.0596. The minimum atomic E-state index is -0.531. The van der Waals surface area contributed by atoms with Crippen LogP contribution in [0.1, 0.15) is 10.5 Å². The van der Waals surface area contributed by atoms with Gasteiger partial charge < -0.3 is 4.74 Å². The van der Waals surface area contributed by atoms with Gasteiger partial charge in [0, 0.05) is 5.39 Å². The van der Waals surface area contributed by atoms with Gasteiger partial charge in [-0.25, -0.2) is 9.18 Å². The maximum atomic E-state index is 13.1. The molecule has 0 amide bonds. The number of aromatic nitrogens is 2. The highest BCUT2D eigenvalue weighted by atomic mass is 79.9. The van der Waals surface area contributed by atoms with Crippen LogP contribution in [0.5, 0.6) is 0 Å². The number of hydrogen-bond acceptors (Lipinski definition) is 3. The third kappa shape index (κ3) is 1.50. The van der Waals surface area contributed by atoms with Crippen molar-refractivity contribution >= 4 is 32.8 Å². The second-order valence-corrected chi connectivity index (χ2v) is 3.64. The maximum absolute atomic E-state index is 13.1. The zero-order chi connectivity index (χ0) is 11.0. The van der Waals surface area contributed by atoms with Crippen LogP contribution in [0.4, 0.5) is 4.39 Å². The number of hydrogen-bond donors (Lipinski definition) is 1. The molecule has 1 aromatic heterocycles. The number of carbonyl (C=O) groups excluding carboxylic acids is 1. The standard InChI is InChI=1S/C9H6BrFN2O2/c1-15-9(14)8-4-2-3-5(11)6(10)7(4)12-13-8/h2-3H,1H3,(H,12,13). The number of rotatable bonds is 1. The van der Waals surface area contributed by atoms with E-state index in [1.54, 1.807) is 0 Å². The summed E-state index contributed by atoms with van der Waals surface area (Å²) >= 11 is 3.06. The number of carbonyl (C=O) groups is 1. The second-order valence-electron chi connectivity index (χ2n) is 2.85. The number of benzene rings is 1. The molecule has 0 saturated carbocycles. The molecule has 0 radical (unpaired) electrons. The molecule has 0 aliphatic rings. The molecule has 15 heavy (non-hydrogen) atoms. The Hall–Kier alpha value is -1.43. The molecule has 78 valence electrons. The van der Waals surface area contributed by atoms with Crippen molar-refractivity contribution in [3.05, 3.63) is 28.1 Å². The van der Waals surface area contributed by atoms with Crippen LogP contribution < -0.4 is 0 Å². The molecule has 0 unspecified atom stereocenters. The van der Waals surface area contributed by atoms with E-state index < -0.39 is 11.8 Å². The third-order valence-corrected chi connectivity index (χ3v) is 2.76. The van der Waals surface area contributed by atoms with E-state index in [4.69, 9.17) is 0 Å². The molecule has 1 N–H and O–H groups in total. The molecule has 0 atom stereocenters. The fourth-order valence-corrected chi connectivity index (χ4v) is 1.72. The molecule has 2 aromatic rings. The number of nitrogens with zero attached hydrogens (tertiary/aromatic N) is 1. The number of aromatic amines is 1. The lowest BCUT2D eigenvalue weighted by Crippen LogP contribution is -2.01. The van der Waals surface area contributed by atoms with Crippen molar-refractivity contribution in [1.82, 2.24) is 10.2 Å². The molecule has 0 saturated heterocycles. The van der Waals surface area contributed by atoms with E-state index in [-0.39, 0.29) is 10.2 Å². The lowest BCUT2D eigenvalue weighted by Gasteiger charge is -1.96. The molecule has 2 rings (SSSR count). The van der Waals surface area contributed by atoms with E-state index in [1.807, 2.05) is 0 Å². The van der Waals surface area contributed by atoms with Gasteiger partial charge in [0.15, 0.2) is 5.69 Å². The van der Waals surface area contributed by atoms with Gasteiger partial charge in [-0.2, -0.15) is 5.10 Å². The van der Waals surface area contributed by atoms with Gasteiger partial charge in [-0.05, 0) is 28.1 Å². The van der Waals surface area contributed by atoms with Crippen LogP contribution in [0.3, 0.4) is 0 Å². The summed E-state index contributed by atoms with van der Waals surface area (Å²) in [6, 6.07) is 2.74. The summed E-state index contributed by atoms with van der Waals surface area (Å²) in [5.74, 6) is -0.957. The van der Waals surface area contributed by atoms with Crippen molar-refractivity contribution in [3.8, 4) is 0 Å². The van der Waals surface area contributed by atoms with Crippen molar-refractivity contribution in [2.24, 2.45) is 0 Å². The minimum absolute atomic E-state index is 0.216. The molecular formula is C9H6BrFN2O2. The van der Waals surface area contributed by atoms with Crippen molar-refractivity contribution in [2.45, 2.75) is 0 Å². The highest BCUT2D eigenvalue weighted by Crippen LogP contribution is 2.27. The average Bonchev–Trinajstić information content (AvgIpc) is 2.66. The van der Waals surface area contributed by atoms with Gasteiger partial charge in [-0.3, -0.25) is 5.10 Å². The Morgan fingerprint density at radius 3 is 3.00 bits per heavy atom. The van der Waals surface area contributed by atoms with Crippen molar-refractivity contribution in [2.75, 3.05) is 7.11 Å². The van der Waals surface area contributed by atoms with Crippen molar-refractivity contribution < 1.29 is 13.9 Å². The van der Waals surface area contributed by atoms with Crippen LogP contribution in [-0.2, 0) is 4.74 Å². The van der Waals surface area contributed by atoms with E-state index in [1.165, 1.54) is 19.2 Å². The Morgan fingerprint density at radius 1 is 1.60 bits per heavy atom. The Bertz CT molecular complexity index is 538. The van der Waals surface area contributed by atoms with Crippen LogP contribution in [0.15, 0.2) is 16.6 Å². The van der Waals surface area contributed by atoms with E-state index in [0.29, 0.717) is 10.9 Å². The van der Waals surface area contributed by atoms with E-state index in [2.05, 4.69) is 30.9 Å². The number of methoxy groups -OCH3 is 1. The molecule has 1 aromatic carbocycles. The zero-order valence-corrected chi connectivity index (χ0v) is 9.26.